The lowest BCUT2D eigenvalue weighted by atomic mass is 9.98. The summed E-state index contributed by atoms with van der Waals surface area (Å²) < 4.78 is 0. The van der Waals surface area contributed by atoms with E-state index in [1.54, 1.807) is 6.07 Å². The second-order valence-corrected chi connectivity index (χ2v) is 6.93. The predicted octanol–water partition coefficient (Wildman–Crippen LogP) is 4.39. The Morgan fingerprint density at radius 1 is 1.10 bits per heavy atom. The average molecular weight is 334 g/mol. The van der Waals surface area contributed by atoms with Crippen LogP contribution in [0.1, 0.15) is 30.9 Å². The number of halogens is 3. The van der Waals surface area contributed by atoms with Crippen molar-refractivity contribution in [1.82, 2.24) is 10.2 Å². The van der Waals surface area contributed by atoms with Gasteiger partial charge in [-0.25, -0.2) is 0 Å². The summed E-state index contributed by atoms with van der Waals surface area (Å²) in [5.41, 5.74) is 1.02. The fourth-order valence-electron chi connectivity index (χ4n) is 2.96. The fraction of sp³-hybridized carbons (Fsp3) is 0.600. The lowest BCUT2D eigenvalue weighted by Crippen LogP contribution is -2.45. The maximum Gasteiger partial charge on any atom is 0.0655 e. The van der Waals surface area contributed by atoms with Gasteiger partial charge in [0, 0.05) is 42.8 Å². The van der Waals surface area contributed by atoms with Crippen molar-refractivity contribution in [2.45, 2.75) is 25.3 Å². The van der Waals surface area contributed by atoms with Crippen LogP contribution in [0.15, 0.2) is 12.1 Å². The van der Waals surface area contributed by atoms with Gasteiger partial charge in [0.1, 0.15) is 0 Å². The third-order valence-corrected chi connectivity index (χ3v) is 5.41. The van der Waals surface area contributed by atoms with Gasteiger partial charge >= 0.3 is 0 Å². The number of nitrogens with zero attached hydrogens (tertiary/aromatic N) is 1. The van der Waals surface area contributed by atoms with Gasteiger partial charge < -0.3 is 5.32 Å². The van der Waals surface area contributed by atoms with Crippen LogP contribution in [-0.2, 0) is 0 Å². The lowest BCUT2D eigenvalue weighted by Gasteiger charge is -2.36. The van der Waals surface area contributed by atoms with Crippen molar-refractivity contribution >= 4 is 34.8 Å². The normalized spacial score (nSPS) is 21.9. The Balaban J connectivity index is 1.93. The van der Waals surface area contributed by atoms with Crippen LogP contribution >= 0.6 is 34.8 Å². The quantitative estimate of drug-likeness (QED) is 0.822. The fourth-order valence-corrected chi connectivity index (χ4v) is 3.75. The zero-order valence-electron chi connectivity index (χ0n) is 11.3. The van der Waals surface area contributed by atoms with Gasteiger partial charge in [0.05, 0.1) is 10.0 Å². The van der Waals surface area contributed by atoms with E-state index in [0.717, 1.165) is 49.1 Å². The largest absolute Gasteiger partial charge is 0.314 e. The minimum Gasteiger partial charge on any atom is -0.314 e. The van der Waals surface area contributed by atoms with Gasteiger partial charge in [-0.2, -0.15) is 0 Å². The van der Waals surface area contributed by atoms with Crippen molar-refractivity contribution in [3.63, 3.8) is 0 Å². The molecule has 1 aliphatic heterocycles. The Hall–Kier alpha value is 0.01000. The first kappa shape index (κ1) is 14.9. The Morgan fingerprint density at radius 2 is 1.75 bits per heavy atom. The molecule has 2 aliphatic rings. The number of nitrogens with one attached hydrogen (secondary N) is 1. The van der Waals surface area contributed by atoms with E-state index >= 15 is 0 Å². The number of hydrogen-bond acceptors (Lipinski definition) is 2. The van der Waals surface area contributed by atoms with Crippen molar-refractivity contribution in [2.75, 3.05) is 26.2 Å². The highest BCUT2D eigenvalue weighted by Gasteiger charge is 2.33. The summed E-state index contributed by atoms with van der Waals surface area (Å²) in [7, 11) is 0. The summed E-state index contributed by atoms with van der Waals surface area (Å²) in [6.45, 7) is 4.13. The number of benzene rings is 1. The third-order valence-electron chi connectivity index (χ3n) is 4.26. The van der Waals surface area contributed by atoms with Crippen molar-refractivity contribution < 1.29 is 0 Å². The summed E-state index contributed by atoms with van der Waals surface area (Å²) in [6, 6.07) is 3.94. The lowest BCUT2D eigenvalue weighted by molar-refractivity contribution is 0.160. The maximum absolute atomic E-state index is 6.46. The zero-order chi connectivity index (χ0) is 14.1. The van der Waals surface area contributed by atoms with Gasteiger partial charge in [0.15, 0.2) is 0 Å². The molecule has 1 saturated heterocycles. The van der Waals surface area contributed by atoms with E-state index < -0.39 is 0 Å². The van der Waals surface area contributed by atoms with Gasteiger partial charge in [0.2, 0.25) is 0 Å². The minimum absolute atomic E-state index is 0.295. The summed E-state index contributed by atoms with van der Waals surface area (Å²) in [6.07, 6.45) is 3.80. The van der Waals surface area contributed by atoms with E-state index in [1.165, 1.54) is 12.8 Å². The Kier molecular flexibility index (Phi) is 4.79. The molecule has 3 rings (SSSR count). The molecule has 1 saturated carbocycles. The summed E-state index contributed by atoms with van der Waals surface area (Å²) >= 11 is 19.1. The SMILES string of the molecule is Clc1ccc(Cl)c([C@H](CC2CC2)N2CCNCC2)c1Cl. The number of hydrogen-bond donors (Lipinski definition) is 1. The molecule has 2 fully saturated rings. The Labute approximate surface area is 135 Å². The molecule has 1 atom stereocenters. The molecule has 1 aromatic carbocycles. The van der Waals surface area contributed by atoms with E-state index in [2.05, 4.69) is 10.2 Å². The molecule has 0 radical (unpaired) electrons. The maximum atomic E-state index is 6.46. The molecule has 5 heteroatoms. The van der Waals surface area contributed by atoms with Crippen LogP contribution in [0.4, 0.5) is 0 Å². The molecule has 1 aliphatic carbocycles. The van der Waals surface area contributed by atoms with Gasteiger partial charge in [0.25, 0.3) is 0 Å². The highest BCUT2D eigenvalue weighted by atomic mass is 35.5. The van der Waals surface area contributed by atoms with Crippen molar-refractivity contribution in [1.29, 1.82) is 0 Å². The van der Waals surface area contributed by atoms with Gasteiger partial charge in [-0.15, -0.1) is 0 Å². The van der Waals surface area contributed by atoms with Crippen LogP contribution < -0.4 is 5.32 Å². The standard InChI is InChI=1S/C15H19Cl3N2/c16-11-3-4-12(17)15(18)14(11)13(9-10-1-2-10)20-7-5-19-6-8-20/h3-4,10,13,19H,1-2,5-9H2/t13-/m0/s1. The monoisotopic (exact) mass is 332 g/mol. The van der Waals surface area contributed by atoms with E-state index in [-0.39, 0.29) is 0 Å². The molecule has 110 valence electrons. The third kappa shape index (κ3) is 3.26. The van der Waals surface area contributed by atoms with Crippen LogP contribution in [0, 0.1) is 5.92 Å². The van der Waals surface area contributed by atoms with Gasteiger partial charge in [-0.05, 0) is 24.5 Å². The molecule has 20 heavy (non-hydrogen) atoms. The number of piperazine rings is 1. The summed E-state index contributed by atoms with van der Waals surface area (Å²) in [5.74, 6) is 0.820. The molecule has 0 amide bonds. The molecular formula is C15H19Cl3N2. The minimum atomic E-state index is 0.295. The smallest absolute Gasteiger partial charge is 0.0655 e. The first-order valence-electron chi connectivity index (χ1n) is 7.25. The molecule has 0 aromatic heterocycles. The van der Waals surface area contributed by atoms with Crippen molar-refractivity contribution in [2.24, 2.45) is 5.92 Å². The van der Waals surface area contributed by atoms with Crippen LogP contribution in [0.25, 0.3) is 0 Å². The molecule has 0 unspecified atom stereocenters. The van der Waals surface area contributed by atoms with E-state index in [0.29, 0.717) is 16.1 Å². The summed E-state index contributed by atoms with van der Waals surface area (Å²) in [5, 5.41) is 5.36. The first-order valence-corrected chi connectivity index (χ1v) is 8.38. The molecule has 1 aromatic rings. The van der Waals surface area contributed by atoms with Gasteiger partial charge in [-0.3, -0.25) is 4.90 Å². The first-order chi connectivity index (χ1) is 9.66. The highest BCUT2D eigenvalue weighted by Crippen LogP contribution is 2.45. The van der Waals surface area contributed by atoms with Crippen LogP contribution in [0.5, 0.6) is 0 Å². The van der Waals surface area contributed by atoms with E-state index in [4.69, 9.17) is 34.8 Å². The highest BCUT2D eigenvalue weighted by molar-refractivity contribution is 6.44. The molecule has 1 N–H and O–H groups in total. The predicted molar refractivity (Wildman–Crippen MR) is 86.0 cm³/mol. The van der Waals surface area contributed by atoms with Crippen LogP contribution in [-0.4, -0.2) is 31.1 Å². The zero-order valence-corrected chi connectivity index (χ0v) is 13.6. The van der Waals surface area contributed by atoms with Gasteiger partial charge in [-0.1, -0.05) is 47.6 Å². The Morgan fingerprint density at radius 3 is 2.40 bits per heavy atom. The molecule has 2 nitrogen and oxygen atoms in total. The van der Waals surface area contributed by atoms with Crippen molar-refractivity contribution in [3.8, 4) is 0 Å². The van der Waals surface area contributed by atoms with Crippen molar-refractivity contribution in [3.05, 3.63) is 32.8 Å². The van der Waals surface area contributed by atoms with Crippen LogP contribution in [0.2, 0.25) is 15.1 Å². The molecule has 1 heterocycles. The average Bonchev–Trinajstić information content (AvgIpc) is 3.27. The van der Waals surface area contributed by atoms with E-state index in [1.807, 2.05) is 6.07 Å². The second-order valence-electron chi connectivity index (χ2n) is 5.74. The molecule has 0 bridgehead atoms. The number of rotatable bonds is 4. The second kappa shape index (κ2) is 6.41. The Bertz CT molecular complexity index is 482. The van der Waals surface area contributed by atoms with E-state index in [9.17, 15) is 0 Å². The molecular weight excluding hydrogens is 315 g/mol. The van der Waals surface area contributed by atoms with Crippen LogP contribution in [0.3, 0.4) is 0 Å². The summed E-state index contributed by atoms with van der Waals surface area (Å²) in [4.78, 5) is 2.50. The molecule has 0 spiro atoms. The topological polar surface area (TPSA) is 15.3 Å².